The minimum atomic E-state index is 0.142. The van der Waals surface area contributed by atoms with Crippen LogP contribution in [0, 0.1) is 0 Å². The molecule has 0 amide bonds. The van der Waals surface area contributed by atoms with Gasteiger partial charge in [0.25, 0.3) is 0 Å². The maximum absolute atomic E-state index is 5.36. The Kier molecular flexibility index (Phi) is 5.35. The Hall–Kier alpha value is -1.97. The lowest BCUT2D eigenvalue weighted by Gasteiger charge is -2.20. The van der Waals surface area contributed by atoms with E-state index in [0.29, 0.717) is 0 Å². The average molecular weight is 294 g/mol. The molecule has 0 saturated heterocycles. The summed E-state index contributed by atoms with van der Waals surface area (Å²) in [5.74, 6) is 0. The molecule has 1 N–H and O–H groups in total. The summed E-state index contributed by atoms with van der Waals surface area (Å²) >= 11 is 0. The lowest BCUT2D eigenvalue weighted by atomic mass is 10.0. The van der Waals surface area contributed by atoms with E-state index in [1.165, 1.54) is 11.1 Å². The number of aromatic nitrogens is 1. The van der Waals surface area contributed by atoms with E-state index in [2.05, 4.69) is 46.7 Å². The number of rotatable bonds is 6. The predicted octanol–water partition coefficient (Wildman–Crippen LogP) is 3.50. The smallest absolute Gasteiger partial charge is 0.0751 e. The molecular formula is C19H22N2O. The molecule has 1 atom stereocenters. The summed E-state index contributed by atoms with van der Waals surface area (Å²) in [6, 6.07) is 16.7. The van der Waals surface area contributed by atoms with E-state index in [9.17, 15) is 0 Å². The molecule has 3 rings (SSSR count). The van der Waals surface area contributed by atoms with Gasteiger partial charge in [-0.05, 0) is 37.1 Å². The highest BCUT2D eigenvalue weighted by Crippen LogP contribution is 2.20. The molecule has 0 bridgehead atoms. The minimum absolute atomic E-state index is 0.142. The molecule has 22 heavy (non-hydrogen) atoms. The van der Waals surface area contributed by atoms with E-state index >= 15 is 0 Å². The number of nitrogens with one attached hydrogen (secondary N) is 1. The largest absolute Gasteiger partial charge is 0.377 e. The fourth-order valence-corrected chi connectivity index (χ4v) is 2.75. The number of pyridine rings is 1. The third-order valence-electron chi connectivity index (χ3n) is 3.97. The zero-order valence-electron chi connectivity index (χ0n) is 12.7. The summed E-state index contributed by atoms with van der Waals surface area (Å²) < 4.78 is 5.36. The van der Waals surface area contributed by atoms with Crippen LogP contribution in [-0.2, 0) is 4.74 Å². The van der Waals surface area contributed by atoms with Crippen molar-refractivity contribution in [3.05, 3.63) is 77.6 Å². The van der Waals surface area contributed by atoms with Gasteiger partial charge in [0.2, 0.25) is 0 Å². The summed E-state index contributed by atoms with van der Waals surface area (Å²) in [7, 11) is 0. The zero-order valence-corrected chi connectivity index (χ0v) is 12.7. The van der Waals surface area contributed by atoms with Gasteiger partial charge in [-0.25, -0.2) is 0 Å². The first-order chi connectivity index (χ1) is 10.9. The number of ether oxygens (including phenoxy) is 1. The Morgan fingerprint density at radius 2 is 1.95 bits per heavy atom. The average Bonchev–Trinajstić information content (AvgIpc) is 2.61. The van der Waals surface area contributed by atoms with Gasteiger partial charge in [0, 0.05) is 6.20 Å². The fourth-order valence-electron chi connectivity index (χ4n) is 2.75. The lowest BCUT2D eigenvalue weighted by Crippen LogP contribution is -2.25. The second-order valence-corrected chi connectivity index (χ2v) is 5.49. The molecule has 1 unspecified atom stereocenters. The Balaban J connectivity index is 1.68. The van der Waals surface area contributed by atoms with Gasteiger partial charge in [0.15, 0.2) is 0 Å². The quantitative estimate of drug-likeness (QED) is 0.828. The van der Waals surface area contributed by atoms with E-state index < -0.39 is 0 Å². The normalized spacial score (nSPS) is 16.1. The summed E-state index contributed by atoms with van der Waals surface area (Å²) in [5.41, 5.74) is 3.81. The van der Waals surface area contributed by atoms with Gasteiger partial charge in [0.1, 0.15) is 0 Å². The van der Waals surface area contributed by atoms with Crippen LogP contribution in [0.1, 0.15) is 30.1 Å². The van der Waals surface area contributed by atoms with Crippen molar-refractivity contribution in [1.82, 2.24) is 10.3 Å². The Morgan fingerprint density at radius 3 is 2.68 bits per heavy atom. The molecule has 2 aromatic rings. The fraction of sp³-hybridized carbons (Fsp3) is 0.316. The summed E-state index contributed by atoms with van der Waals surface area (Å²) in [5, 5.41) is 3.66. The van der Waals surface area contributed by atoms with Crippen LogP contribution in [-0.4, -0.2) is 24.7 Å². The minimum Gasteiger partial charge on any atom is -0.377 e. The summed E-state index contributed by atoms with van der Waals surface area (Å²) in [4.78, 5) is 4.52. The van der Waals surface area contributed by atoms with Crippen molar-refractivity contribution < 1.29 is 4.74 Å². The first-order valence-electron chi connectivity index (χ1n) is 7.88. The second-order valence-electron chi connectivity index (χ2n) is 5.49. The predicted molar refractivity (Wildman–Crippen MR) is 88.7 cm³/mol. The molecule has 1 aliphatic heterocycles. The van der Waals surface area contributed by atoms with Crippen LogP contribution >= 0.6 is 0 Å². The van der Waals surface area contributed by atoms with E-state index in [1.54, 1.807) is 0 Å². The van der Waals surface area contributed by atoms with E-state index in [4.69, 9.17) is 4.74 Å². The standard InChI is InChI=1S/C19H22N2O/c1-2-6-17(7-3-1)19(18-8-4-5-12-20-18)21-13-9-16-10-14-22-15-11-16/h1-8,10,12,19,21H,9,11,13-15H2. The van der Waals surface area contributed by atoms with Crippen molar-refractivity contribution in [3.63, 3.8) is 0 Å². The van der Waals surface area contributed by atoms with E-state index in [-0.39, 0.29) is 6.04 Å². The van der Waals surface area contributed by atoms with Crippen LogP contribution < -0.4 is 5.32 Å². The maximum Gasteiger partial charge on any atom is 0.0751 e. The number of hydrogen-bond acceptors (Lipinski definition) is 3. The van der Waals surface area contributed by atoms with Crippen molar-refractivity contribution in [2.45, 2.75) is 18.9 Å². The van der Waals surface area contributed by atoms with Gasteiger partial charge in [0.05, 0.1) is 24.9 Å². The molecule has 2 heterocycles. The van der Waals surface area contributed by atoms with Crippen LogP contribution in [0.5, 0.6) is 0 Å². The van der Waals surface area contributed by atoms with Crippen LogP contribution in [0.4, 0.5) is 0 Å². The molecule has 1 aromatic carbocycles. The number of nitrogens with zero attached hydrogens (tertiary/aromatic N) is 1. The first-order valence-corrected chi connectivity index (χ1v) is 7.88. The molecule has 0 fully saturated rings. The maximum atomic E-state index is 5.36. The van der Waals surface area contributed by atoms with Gasteiger partial charge < -0.3 is 10.1 Å². The van der Waals surface area contributed by atoms with Crippen molar-refractivity contribution in [2.24, 2.45) is 0 Å². The number of hydrogen-bond donors (Lipinski definition) is 1. The summed E-state index contributed by atoms with van der Waals surface area (Å²) in [6.07, 6.45) is 6.19. The molecule has 114 valence electrons. The van der Waals surface area contributed by atoms with Crippen molar-refractivity contribution in [3.8, 4) is 0 Å². The molecule has 0 saturated carbocycles. The molecular weight excluding hydrogens is 272 g/mol. The lowest BCUT2D eigenvalue weighted by molar-refractivity contribution is 0.153. The van der Waals surface area contributed by atoms with Crippen LogP contribution in [0.25, 0.3) is 0 Å². The second kappa shape index (κ2) is 7.87. The van der Waals surface area contributed by atoms with Gasteiger partial charge >= 0.3 is 0 Å². The van der Waals surface area contributed by atoms with Gasteiger partial charge in [-0.3, -0.25) is 4.98 Å². The van der Waals surface area contributed by atoms with E-state index in [1.807, 2.05) is 24.4 Å². The van der Waals surface area contributed by atoms with E-state index in [0.717, 1.165) is 38.3 Å². The molecule has 0 aliphatic carbocycles. The highest BCUT2D eigenvalue weighted by Gasteiger charge is 2.14. The monoisotopic (exact) mass is 294 g/mol. The molecule has 1 aromatic heterocycles. The topological polar surface area (TPSA) is 34.2 Å². The highest BCUT2D eigenvalue weighted by molar-refractivity contribution is 5.27. The first kappa shape index (κ1) is 14.9. The van der Waals surface area contributed by atoms with Crippen molar-refractivity contribution in [2.75, 3.05) is 19.8 Å². The van der Waals surface area contributed by atoms with Crippen LogP contribution in [0.15, 0.2) is 66.4 Å². The van der Waals surface area contributed by atoms with Crippen LogP contribution in [0.3, 0.4) is 0 Å². The van der Waals surface area contributed by atoms with Crippen LogP contribution in [0.2, 0.25) is 0 Å². The molecule has 0 radical (unpaired) electrons. The third kappa shape index (κ3) is 4.03. The molecule has 3 nitrogen and oxygen atoms in total. The zero-order chi connectivity index (χ0) is 15.0. The highest BCUT2D eigenvalue weighted by atomic mass is 16.5. The Bertz CT molecular complexity index is 556. The summed E-state index contributed by atoms with van der Waals surface area (Å²) in [6.45, 7) is 2.56. The van der Waals surface area contributed by atoms with Gasteiger partial charge in [-0.2, -0.15) is 0 Å². The van der Waals surface area contributed by atoms with Crippen molar-refractivity contribution in [1.29, 1.82) is 0 Å². The Labute approximate surface area is 132 Å². The third-order valence-corrected chi connectivity index (χ3v) is 3.97. The molecule has 1 aliphatic rings. The van der Waals surface area contributed by atoms with Gasteiger partial charge in [-0.15, -0.1) is 0 Å². The van der Waals surface area contributed by atoms with Gasteiger partial charge in [-0.1, -0.05) is 48.0 Å². The SMILES string of the molecule is C1=C(CCNC(c2ccccc2)c2ccccn2)CCOC1. The van der Waals surface area contributed by atoms with Crippen molar-refractivity contribution >= 4 is 0 Å². The molecule has 0 spiro atoms. The Morgan fingerprint density at radius 1 is 1.09 bits per heavy atom. The molecule has 3 heteroatoms. The number of benzene rings is 1.